The van der Waals surface area contributed by atoms with Crippen LogP contribution in [0.3, 0.4) is 0 Å². The maximum Gasteiger partial charge on any atom is 0.270 e. The summed E-state index contributed by atoms with van der Waals surface area (Å²) >= 11 is 0. The van der Waals surface area contributed by atoms with Crippen molar-refractivity contribution < 1.29 is 9.53 Å². The number of fused-ring (bicyclic) bond motifs is 1. The van der Waals surface area contributed by atoms with E-state index in [-0.39, 0.29) is 5.91 Å². The summed E-state index contributed by atoms with van der Waals surface area (Å²) in [5.41, 5.74) is 2.58. The number of ether oxygens (including phenoxy) is 1. The van der Waals surface area contributed by atoms with Crippen LogP contribution in [0, 0.1) is 0 Å². The molecule has 0 radical (unpaired) electrons. The molecule has 1 N–H and O–H groups in total. The van der Waals surface area contributed by atoms with Gasteiger partial charge in [0.05, 0.1) is 6.61 Å². The van der Waals surface area contributed by atoms with Crippen molar-refractivity contribution >= 4 is 16.7 Å². The van der Waals surface area contributed by atoms with Gasteiger partial charge >= 0.3 is 0 Å². The molecule has 0 aliphatic rings. The van der Waals surface area contributed by atoms with E-state index < -0.39 is 0 Å². The number of hydrogen-bond donors (Lipinski definition) is 1. The molecule has 0 aliphatic carbocycles. The molecule has 1 heterocycles. The molecule has 116 valence electrons. The third-order valence-corrected chi connectivity index (χ3v) is 3.64. The predicted molar refractivity (Wildman–Crippen MR) is 90.1 cm³/mol. The Balaban J connectivity index is 1.75. The molecule has 23 heavy (non-hydrogen) atoms. The van der Waals surface area contributed by atoms with Crippen molar-refractivity contribution in [3.63, 3.8) is 0 Å². The molecule has 1 aromatic heterocycles. The smallest absolute Gasteiger partial charge is 0.270 e. The molecule has 0 unspecified atom stereocenters. The first-order valence-electron chi connectivity index (χ1n) is 7.46. The number of pyridine rings is 1. The highest BCUT2D eigenvalue weighted by molar-refractivity contribution is 6.05. The number of carbonyl (C=O) groups excluding carboxylic acids is 1. The van der Waals surface area contributed by atoms with Crippen molar-refractivity contribution in [1.82, 2.24) is 10.3 Å². The van der Waals surface area contributed by atoms with Crippen molar-refractivity contribution in [3.05, 3.63) is 77.6 Å². The van der Waals surface area contributed by atoms with Crippen LogP contribution in [-0.2, 0) is 17.9 Å². The number of nitrogens with zero attached hydrogens (tertiary/aromatic N) is 1. The minimum atomic E-state index is -0.168. The first-order chi connectivity index (χ1) is 11.3. The zero-order valence-electron chi connectivity index (χ0n) is 13.0. The number of methoxy groups -OCH3 is 1. The van der Waals surface area contributed by atoms with E-state index >= 15 is 0 Å². The second-order valence-corrected chi connectivity index (χ2v) is 5.32. The second kappa shape index (κ2) is 7.03. The van der Waals surface area contributed by atoms with Crippen LogP contribution in [0.25, 0.3) is 10.8 Å². The first kappa shape index (κ1) is 15.2. The summed E-state index contributed by atoms with van der Waals surface area (Å²) in [5.74, 6) is -0.168. The molecule has 0 saturated carbocycles. The van der Waals surface area contributed by atoms with Gasteiger partial charge in [0.25, 0.3) is 5.91 Å². The van der Waals surface area contributed by atoms with E-state index in [1.165, 1.54) is 0 Å². The van der Waals surface area contributed by atoms with Crippen LogP contribution in [-0.4, -0.2) is 18.0 Å². The normalized spacial score (nSPS) is 10.7. The van der Waals surface area contributed by atoms with Crippen LogP contribution in [0.1, 0.15) is 21.6 Å². The molecule has 0 bridgehead atoms. The van der Waals surface area contributed by atoms with Gasteiger partial charge in [-0.2, -0.15) is 0 Å². The minimum Gasteiger partial charge on any atom is -0.380 e. The Bertz CT molecular complexity index is 825. The van der Waals surface area contributed by atoms with Gasteiger partial charge in [0.1, 0.15) is 5.69 Å². The van der Waals surface area contributed by atoms with E-state index in [0.717, 1.165) is 21.9 Å². The van der Waals surface area contributed by atoms with Gasteiger partial charge in [-0.3, -0.25) is 9.78 Å². The molecule has 0 fully saturated rings. The number of rotatable bonds is 5. The van der Waals surface area contributed by atoms with Crippen molar-refractivity contribution in [1.29, 1.82) is 0 Å². The minimum absolute atomic E-state index is 0.168. The molecular weight excluding hydrogens is 288 g/mol. The average Bonchev–Trinajstić information content (AvgIpc) is 2.60. The number of amides is 1. The molecule has 4 nitrogen and oxygen atoms in total. The maximum atomic E-state index is 12.4. The lowest BCUT2D eigenvalue weighted by Crippen LogP contribution is -2.24. The van der Waals surface area contributed by atoms with Crippen molar-refractivity contribution in [2.24, 2.45) is 0 Å². The molecule has 3 aromatic rings. The van der Waals surface area contributed by atoms with Gasteiger partial charge < -0.3 is 10.1 Å². The fraction of sp³-hybridized carbons (Fsp3) is 0.158. The Hall–Kier alpha value is -2.72. The number of carbonyl (C=O) groups is 1. The van der Waals surface area contributed by atoms with Crippen LogP contribution in [0.2, 0.25) is 0 Å². The Kier molecular flexibility index (Phi) is 4.64. The largest absolute Gasteiger partial charge is 0.380 e. The van der Waals surface area contributed by atoms with Gasteiger partial charge in [-0.05, 0) is 22.6 Å². The van der Waals surface area contributed by atoms with Crippen molar-refractivity contribution in [3.8, 4) is 0 Å². The molecule has 3 rings (SSSR count). The Morgan fingerprint density at radius 1 is 1.09 bits per heavy atom. The van der Waals surface area contributed by atoms with E-state index in [1.807, 2.05) is 54.6 Å². The highest BCUT2D eigenvalue weighted by Crippen LogP contribution is 2.16. The van der Waals surface area contributed by atoms with Crippen LogP contribution < -0.4 is 5.32 Å². The standard InChI is InChI=1S/C19H18N2O2/c1-23-13-15-6-4-5-14(11-15)12-21-19(22)18-17-8-3-2-7-16(17)9-10-20-18/h2-11H,12-13H2,1H3,(H,21,22). The van der Waals surface area contributed by atoms with Crippen LogP contribution in [0.15, 0.2) is 60.8 Å². The zero-order valence-corrected chi connectivity index (χ0v) is 13.0. The summed E-state index contributed by atoms with van der Waals surface area (Å²) < 4.78 is 5.13. The van der Waals surface area contributed by atoms with Crippen LogP contribution in [0.4, 0.5) is 0 Å². The molecule has 0 saturated heterocycles. The van der Waals surface area contributed by atoms with Gasteiger partial charge in [0, 0.05) is 25.2 Å². The third-order valence-electron chi connectivity index (χ3n) is 3.64. The van der Waals surface area contributed by atoms with Gasteiger partial charge in [-0.15, -0.1) is 0 Å². The summed E-state index contributed by atoms with van der Waals surface area (Å²) in [6, 6.07) is 17.6. The van der Waals surface area contributed by atoms with E-state index in [2.05, 4.69) is 10.3 Å². The highest BCUT2D eigenvalue weighted by atomic mass is 16.5. The lowest BCUT2D eigenvalue weighted by atomic mass is 10.1. The molecule has 0 aliphatic heterocycles. The van der Waals surface area contributed by atoms with E-state index in [0.29, 0.717) is 18.8 Å². The van der Waals surface area contributed by atoms with Crippen molar-refractivity contribution in [2.75, 3.05) is 7.11 Å². The number of aromatic nitrogens is 1. The summed E-state index contributed by atoms with van der Waals surface area (Å²) in [6.45, 7) is 1.02. The zero-order chi connectivity index (χ0) is 16.1. The third kappa shape index (κ3) is 3.55. The lowest BCUT2D eigenvalue weighted by Gasteiger charge is -2.08. The van der Waals surface area contributed by atoms with E-state index in [9.17, 15) is 4.79 Å². The summed E-state index contributed by atoms with van der Waals surface area (Å²) in [6.07, 6.45) is 1.66. The van der Waals surface area contributed by atoms with E-state index in [4.69, 9.17) is 4.74 Å². The molecule has 0 atom stereocenters. The highest BCUT2D eigenvalue weighted by Gasteiger charge is 2.11. The number of nitrogens with one attached hydrogen (secondary N) is 1. The summed E-state index contributed by atoms with van der Waals surface area (Å²) in [5, 5.41) is 4.81. The summed E-state index contributed by atoms with van der Waals surface area (Å²) in [7, 11) is 1.67. The van der Waals surface area contributed by atoms with E-state index in [1.54, 1.807) is 13.3 Å². The molecule has 4 heteroatoms. The monoisotopic (exact) mass is 306 g/mol. The molecular formula is C19H18N2O2. The topological polar surface area (TPSA) is 51.2 Å². The quantitative estimate of drug-likeness (QED) is 0.787. The second-order valence-electron chi connectivity index (χ2n) is 5.32. The first-order valence-corrected chi connectivity index (χ1v) is 7.46. The predicted octanol–water partition coefficient (Wildman–Crippen LogP) is 3.31. The van der Waals surface area contributed by atoms with Crippen LogP contribution >= 0.6 is 0 Å². The Morgan fingerprint density at radius 2 is 1.91 bits per heavy atom. The van der Waals surface area contributed by atoms with Gasteiger partial charge in [0.15, 0.2) is 0 Å². The van der Waals surface area contributed by atoms with Gasteiger partial charge in [0.2, 0.25) is 0 Å². The van der Waals surface area contributed by atoms with Gasteiger partial charge in [-0.1, -0.05) is 48.5 Å². The fourth-order valence-electron chi connectivity index (χ4n) is 2.56. The fourth-order valence-corrected chi connectivity index (χ4v) is 2.56. The molecule has 2 aromatic carbocycles. The number of hydrogen-bond acceptors (Lipinski definition) is 3. The Labute approximate surface area is 135 Å². The average molecular weight is 306 g/mol. The number of benzene rings is 2. The molecule has 1 amide bonds. The van der Waals surface area contributed by atoms with Crippen LogP contribution in [0.5, 0.6) is 0 Å². The lowest BCUT2D eigenvalue weighted by molar-refractivity contribution is 0.0948. The molecule has 0 spiro atoms. The van der Waals surface area contributed by atoms with Gasteiger partial charge in [-0.25, -0.2) is 0 Å². The van der Waals surface area contributed by atoms with Crippen molar-refractivity contribution in [2.45, 2.75) is 13.2 Å². The summed E-state index contributed by atoms with van der Waals surface area (Å²) in [4.78, 5) is 16.7. The maximum absolute atomic E-state index is 12.4. The Morgan fingerprint density at radius 3 is 2.78 bits per heavy atom. The SMILES string of the molecule is COCc1cccc(CNC(=O)c2nccc3ccccc23)c1.